The van der Waals surface area contributed by atoms with Gasteiger partial charge in [0, 0.05) is 5.41 Å². The molecule has 0 aliphatic rings. The maximum atomic E-state index is 3.85. The van der Waals surface area contributed by atoms with Crippen LogP contribution in [0, 0.1) is 6.92 Å². The van der Waals surface area contributed by atoms with Crippen LogP contribution in [0.5, 0.6) is 0 Å². The highest BCUT2D eigenvalue weighted by atomic mass is 14.3. The molecular formula is C25H42. The topological polar surface area (TPSA) is 0 Å². The fourth-order valence-corrected chi connectivity index (χ4v) is 2.84. The standard InChI is InChI=1S/C20H22.5CH4/c1-5-11-17(3)20(4,18-13-7-6-8-14-18)19-15-10-9-12-16(19)2;;;;;/h5-15H,1H2,2-4H3;5*1H4/b17-11+;;;;;. The van der Waals surface area contributed by atoms with Crippen molar-refractivity contribution >= 4 is 0 Å². The smallest absolute Gasteiger partial charge is 0.0385 e. The Morgan fingerprint density at radius 1 is 0.840 bits per heavy atom. The highest BCUT2D eigenvalue weighted by Gasteiger charge is 2.31. The Hall–Kier alpha value is -2.08. The van der Waals surface area contributed by atoms with Crippen molar-refractivity contribution in [3.63, 3.8) is 0 Å². The van der Waals surface area contributed by atoms with Gasteiger partial charge in [0.1, 0.15) is 0 Å². The number of hydrogen-bond donors (Lipinski definition) is 0. The summed E-state index contributed by atoms with van der Waals surface area (Å²) < 4.78 is 0. The van der Waals surface area contributed by atoms with Crippen molar-refractivity contribution in [3.8, 4) is 0 Å². The predicted octanol–water partition coefficient (Wildman–Crippen LogP) is 8.61. The lowest BCUT2D eigenvalue weighted by molar-refractivity contribution is 0.668. The molecule has 25 heavy (non-hydrogen) atoms. The third-order valence-corrected chi connectivity index (χ3v) is 4.19. The van der Waals surface area contributed by atoms with Gasteiger partial charge in [-0.2, -0.15) is 0 Å². The van der Waals surface area contributed by atoms with Crippen molar-refractivity contribution in [1.82, 2.24) is 0 Å². The lowest BCUT2D eigenvalue weighted by atomic mass is 9.69. The van der Waals surface area contributed by atoms with Crippen LogP contribution in [0.15, 0.2) is 78.9 Å². The number of allylic oxidation sites excluding steroid dienone is 3. The Labute approximate surface area is 159 Å². The van der Waals surface area contributed by atoms with Gasteiger partial charge < -0.3 is 0 Å². The van der Waals surface area contributed by atoms with Crippen molar-refractivity contribution in [3.05, 3.63) is 95.6 Å². The van der Waals surface area contributed by atoms with Crippen LogP contribution in [0.2, 0.25) is 0 Å². The van der Waals surface area contributed by atoms with Crippen LogP contribution in [0.4, 0.5) is 0 Å². The predicted molar refractivity (Wildman–Crippen MR) is 122 cm³/mol. The average Bonchev–Trinajstić information content (AvgIpc) is 2.48. The molecule has 0 heteroatoms. The van der Waals surface area contributed by atoms with Crippen LogP contribution in [0.25, 0.3) is 0 Å². The number of benzene rings is 2. The van der Waals surface area contributed by atoms with Crippen molar-refractivity contribution in [2.24, 2.45) is 0 Å². The van der Waals surface area contributed by atoms with Crippen molar-refractivity contribution in [1.29, 1.82) is 0 Å². The Kier molecular flexibility index (Phi) is 16.3. The lowest BCUT2D eigenvalue weighted by Crippen LogP contribution is -2.26. The first-order valence-corrected chi connectivity index (χ1v) is 7.02. The number of hydrogen-bond acceptors (Lipinski definition) is 0. The van der Waals surface area contributed by atoms with Gasteiger partial charge in [-0.05, 0) is 37.5 Å². The van der Waals surface area contributed by atoms with E-state index in [0.717, 1.165) is 0 Å². The van der Waals surface area contributed by atoms with E-state index in [4.69, 9.17) is 0 Å². The van der Waals surface area contributed by atoms with Crippen LogP contribution in [-0.4, -0.2) is 0 Å². The summed E-state index contributed by atoms with van der Waals surface area (Å²) in [7, 11) is 0. The molecule has 0 spiro atoms. The van der Waals surface area contributed by atoms with Gasteiger partial charge in [0.15, 0.2) is 0 Å². The summed E-state index contributed by atoms with van der Waals surface area (Å²) in [5, 5.41) is 0. The highest BCUT2D eigenvalue weighted by molar-refractivity contribution is 5.50. The molecule has 0 N–H and O–H groups in total. The van der Waals surface area contributed by atoms with Gasteiger partial charge in [0.2, 0.25) is 0 Å². The molecule has 0 saturated carbocycles. The zero-order valence-electron chi connectivity index (χ0n) is 12.6. The van der Waals surface area contributed by atoms with E-state index >= 15 is 0 Å². The van der Waals surface area contributed by atoms with E-state index in [-0.39, 0.29) is 42.5 Å². The van der Waals surface area contributed by atoms with E-state index in [0.29, 0.717) is 0 Å². The van der Waals surface area contributed by atoms with E-state index < -0.39 is 0 Å². The summed E-state index contributed by atoms with van der Waals surface area (Å²) in [5.74, 6) is 0. The molecule has 0 bridgehead atoms. The van der Waals surface area contributed by atoms with Gasteiger partial charge in [-0.15, -0.1) is 0 Å². The van der Waals surface area contributed by atoms with E-state index in [1.54, 1.807) is 0 Å². The van der Waals surface area contributed by atoms with Crippen LogP contribution in [0.1, 0.15) is 67.7 Å². The van der Waals surface area contributed by atoms with Crippen LogP contribution in [-0.2, 0) is 5.41 Å². The Morgan fingerprint density at radius 2 is 1.32 bits per heavy atom. The molecule has 0 heterocycles. The van der Waals surface area contributed by atoms with Crippen LogP contribution < -0.4 is 0 Å². The van der Waals surface area contributed by atoms with Gasteiger partial charge >= 0.3 is 0 Å². The first-order valence-electron chi connectivity index (χ1n) is 7.02. The van der Waals surface area contributed by atoms with Crippen molar-refractivity contribution in [2.75, 3.05) is 0 Å². The second-order valence-corrected chi connectivity index (χ2v) is 5.39. The molecule has 0 saturated heterocycles. The van der Waals surface area contributed by atoms with E-state index in [9.17, 15) is 0 Å². The first kappa shape index (κ1) is 30.8. The molecule has 0 aromatic heterocycles. The minimum Gasteiger partial charge on any atom is -0.0991 e. The second-order valence-electron chi connectivity index (χ2n) is 5.39. The zero-order valence-corrected chi connectivity index (χ0v) is 12.6. The van der Waals surface area contributed by atoms with E-state index in [2.05, 4.69) is 88.0 Å². The van der Waals surface area contributed by atoms with Gasteiger partial charge in [0.05, 0.1) is 0 Å². The summed E-state index contributed by atoms with van der Waals surface area (Å²) in [4.78, 5) is 0. The molecule has 1 unspecified atom stereocenters. The largest absolute Gasteiger partial charge is 0.0991 e. The molecular weight excluding hydrogens is 300 g/mol. The fourth-order valence-electron chi connectivity index (χ4n) is 2.84. The minimum absolute atomic E-state index is 0. The van der Waals surface area contributed by atoms with Gasteiger partial charge in [-0.3, -0.25) is 0 Å². The third-order valence-electron chi connectivity index (χ3n) is 4.19. The number of rotatable bonds is 4. The molecule has 0 aliphatic carbocycles. The Morgan fingerprint density at radius 3 is 1.80 bits per heavy atom. The minimum atomic E-state index is -0.124. The summed E-state index contributed by atoms with van der Waals surface area (Å²) >= 11 is 0. The summed E-state index contributed by atoms with van der Waals surface area (Å²) in [6.45, 7) is 10.5. The van der Waals surface area contributed by atoms with Crippen molar-refractivity contribution in [2.45, 2.75) is 63.3 Å². The summed E-state index contributed by atoms with van der Waals surface area (Å²) in [5.41, 5.74) is 5.15. The molecule has 2 aromatic rings. The third kappa shape index (κ3) is 6.05. The molecule has 0 nitrogen and oxygen atoms in total. The molecule has 142 valence electrons. The first-order chi connectivity index (χ1) is 9.60. The normalized spacial score (nSPS) is 11.7. The lowest BCUT2D eigenvalue weighted by Gasteiger charge is -2.33. The molecule has 2 rings (SSSR count). The second kappa shape index (κ2) is 13.2. The highest BCUT2D eigenvalue weighted by Crippen LogP contribution is 2.40. The molecule has 0 radical (unpaired) electrons. The Balaban J connectivity index is -0.000000441. The maximum Gasteiger partial charge on any atom is 0.0385 e. The summed E-state index contributed by atoms with van der Waals surface area (Å²) in [6, 6.07) is 19.3. The van der Waals surface area contributed by atoms with Gasteiger partial charge in [-0.1, -0.05) is 116 Å². The zero-order chi connectivity index (χ0) is 14.6. The maximum absolute atomic E-state index is 3.85. The fraction of sp³-hybridized carbons (Fsp3) is 0.360. The van der Waals surface area contributed by atoms with E-state index in [1.165, 1.54) is 22.3 Å². The molecule has 0 amide bonds. The monoisotopic (exact) mass is 342 g/mol. The average molecular weight is 343 g/mol. The van der Waals surface area contributed by atoms with Gasteiger partial charge in [0.25, 0.3) is 0 Å². The molecule has 0 aliphatic heterocycles. The molecule has 2 aromatic carbocycles. The number of aryl methyl sites for hydroxylation is 1. The van der Waals surface area contributed by atoms with Gasteiger partial charge in [-0.25, -0.2) is 0 Å². The van der Waals surface area contributed by atoms with Crippen molar-refractivity contribution < 1.29 is 0 Å². The SMILES string of the molecule is C.C.C.C.C.C=C/C=C(\C)C(C)(c1ccccc1)c1ccccc1C. The van der Waals surface area contributed by atoms with Crippen LogP contribution >= 0.6 is 0 Å². The van der Waals surface area contributed by atoms with E-state index in [1.807, 2.05) is 6.08 Å². The van der Waals surface area contributed by atoms with Crippen LogP contribution in [0.3, 0.4) is 0 Å². The quantitative estimate of drug-likeness (QED) is 0.488. The molecule has 0 fully saturated rings. The summed E-state index contributed by atoms with van der Waals surface area (Å²) in [6.07, 6.45) is 3.98. The Bertz CT molecular complexity index is 619. The molecule has 1 atom stereocenters.